The van der Waals surface area contributed by atoms with Crippen LogP contribution in [-0.4, -0.2) is 4.98 Å². The molecule has 0 amide bonds. The molecule has 94 valence electrons. The smallest absolute Gasteiger partial charge is 0.124 e. The summed E-state index contributed by atoms with van der Waals surface area (Å²) in [5, 5.41) is 0. The maximum atomic E-state index is 5.96. The molecule has 2 aromatic rings. The van der Waals surface area contributed by atoms with E-state index in [4.69, 9.17) is 10.5 Å². The molecule has 2 N–H and O–H groups in total. The minimum Gasteiger partial charge on any atom is -0.489 e. The minimum atomic E-state index is -0.0335. The second-order valence-corrected chi connectivity index (χ2v) is 4.48. The molecule has 0 aliphatic rings. The maximum absolute atomic E-state index is 5.96. The van der Waals surface area contributed by atoms with Gasteiger partial charge in [0.1, 0.15) is 12.4 Å². The topological polar surface area (TPSA) is 48.1 Å². The number of nitrogens with two attached hydrogens (primary N) is 1. The Morgan fingerprint density at radius 1 is 1.33 bits per heavy atom. The molecular weight excluding hydrogens is 224 g/mol. The van der Waals surface area contributed by atoms with Crippen molar-refractivity contribution < 1.29 is 4.74 Å². The number of ether oxygens (including phenoxy) is 1. The molecule has 0 aliphatic carbocycles. The van der Waals surface area contributed by atoms with Crippen molar-refractivity contribution in [2.45, 2.75) is 26.5 Å². The molecule has 0 saturated carbocycles. The average Bonchev–Trinajstić information content (AvgIpc) is 2.38. The predicted octanol–water partition coefficient (Wildman–Crippen LogP) is 2.99. The predicted molar refractivity (Wildman–Crippen MR) is 72.4 cm³/mol. The lowest BCUT2D eigenvalue weighted by molar-refractivity contribution is 0.301. The van der Waals surface area contributed by atoms with Crippen molar-refractivity contribution in [3.8, 4) is 5.75 Å². The Balaban J connectivity index is 2.14. The largest absolute Gasteiger partial charge is 0.489 e. The fraction of sp³-hybridized carbons (Fsp3) is 0.267. The lowest BCUT2D eigenvalue weighted by Crippen LogP contribution is -2.08. The highest BCUT2D eigenvalue weighted by Gasteiger charge is 2.08. The van der Waals surface area contributed by atoms with Crippen LogP contribution in [0.2, 0.25) is 0 Å². The number of rotatable bonds is 4. The molecule has 0 fully saturated rings. The van der Waals surface area contributed by atoms with Gasteiger partial charge in [-0.3, -0.25) is 4.98 Å². The first-order valence-electron chi connectivity index (χ1n) is 6.04. The Bertz CT molecular complexity index is 509. The van der Waals surface area contributed by atoms with Crippen LogP contribution in [0.4, 0.5) is 0 Å². The van der Waals surface area contributed by atoms with Gasteiger partial charge in [-0.1, -0.05) is 23.8 Å². The van der Waals surface area contributed by atoms with Gasteiger partial charge < -0.3 is 10.5 Å². The maximum Gasteiger partial charge on any atom is 0.124 e. The zero-order chi connectivity index (χ0) is 13.0. The van der Waals surface area contributed by atoms with Crippen molar-refractivity contribution in [1.29, 1.82) is 0 Å². The van der Waals surface area contributed by atoms with Crippen LogP contribution in [0, 0.1) is 6.92 Å². The third-order valence-electron chi connectivity index (χ3n) is 2.77. The molecule has 3 heteroatoms. The van der Waals surface area contributed by atoms with Crippen LogP contribution < -0.4 is 10.5 Å². The second-order valence-electron chi connectivity index (χ2n) is 4.48. The Kier molecular flexibility index (Phi) is 3.95. The highest BCUT2D eigenvalue weighted by molar-refractivity contribution is 5.38. The van der Waals surface area contributed by atoms with Gasteiger partial charge in [-0.2, -0.15) is 0 Å². The van der Waals surface area contributed by atoms with Crippen LogP contribution in [0.5, 0.6) is 5.75 Å². The lowest BCUT2D eigenvalue weighted by atomic mass is 10.1. The summed E-state index contributed by atoms with van der Waals surface area (Å²) < 4.78 is 5.82. The number of benzene rings is 1. The SMILES string of the molecule is Cc1ccc(OCc2cccnc2)c(C(C)N)c1. The molecule has 0 spiro atoms. The number of aryl methyl sites for hydroxylation is 1. The van der Waals surface area contributed by atoms with Gasteiger partial charge in [0.05, 0.1) is 0 Å². The number of aromatic nitrogens is 1. The zero-order valence-corrected chi connectivity index (χ0v) is 10.8. The zero-order valence-electron chi connectivity index (χ0n) is 10.8. The monoisotopic (exact) mass is 242 g/mol. The second kappa shape index (κ2) is 5.65. The van der Waals surface area contributed by atoms with Gasteiger partial charge in [0, 0.05) is 29.6 Å². The molecule has 1 heterocycles. The van der Waals surface area contributed by atoms with E-state index in [0.29, 0.717) is 6.61 Å². The minimum absolute atomic E-state index is 0.0335. The van der Waals surface area contributed by atoms with Crippen LogP contribution in [0.1, 0.15) is 29.7 Å². The summed E-state index contributed by atoms with van der Waals surface area (Å²) in [6, 6.07) is 9.94. The van der Waals surface area contributed by atoms with Gasteiger partial charge in [-0.25, -0.2) is 0 Å². The van der Waals surface area contributed by atoms with Gasteiger partial charge in [-0.15, -0.1) is 0 Å². The number of nitrogens with zero attached hydrogens (tertiary/aromatic N) is 1. The van der Waals surface area contributed by atoms with E-state index in [1.807, 2.05) is 31.2 Å². The van der Waals surface area contributed by atoms with Crippen molar-refractivity contribution >= 4 is 0 Å². The lowest BCUT2D eigenvalue weighted by Gasteiger charge is -2.14. The van der Waals surface area contributed by atoms with Crippen molar-refractivity contribution in [2.24, 2.45) is 5.73 Å². The summed E-state index contributed by atoms with van der Waals surface area (Å²) in [6.07, 6.45) is 3.56. The Morgan fingerprint density at radius 3 is 2.83 bits per heavy atom. The normalized spacial score (nSPS) is 12.2. The average molecular weight is 242 g/mol. The van der Waals surface area contributed by atoms with E-state index >= 15 is 0 Å². The number of pyridine rings is 1. The fourth-order valence-corrected chi connectivity index (χ4v) is 1.80. The van der Waals surface area contributed by atoms with E-state index in [-0.39, 0.29) is 6.04 Å². The molecule has 2 rings (SSSR count). The van der Waals surface area contributed by atoms with E-state index in [1.165, 1.54) is 5.56 Å². The Labute approximate surface area is 108 Å². The van der Waals surface area contributed by atoms with Crippen LogP contribution >= 0.6 is 0 Å². The van der Waals surface area contributed by atoms with Gasteiger partial charge in [0.15, 0.2) is 0 Å². The van der Waals surface area contributed by atoms with Gasteiger partial charge >= 0.3 is 0 Å². The molecule has 0 saturated heterocycles. The summed E-state index contributed by atoms with van der Waals surface area (Å²) in [7, 11) is 0. The van der Waals surface area contributed by atoms with E-state index in [1.54, 1.807) is 12.4 Å². The van der Waals surface area contributed by atoms with E-state index in [2.05, 4.69) is 18.0 Å². The van der Waals surface area contributed by atoms with E-state index in [0.717, 1.165) is 16.9 Å². The summed E-state index contributed by atoms with van der Waals surface area (Å²) in [5.74, 6) is 0.847. The quantitative estimate of drug-likeness (QED) is 0.896. The highest BCUT2D eigenvalue weighted by atomic mass is 16.5. The van der Waals surface area contributed by atoms with Gasteiger partial charge in [0.25, 0.3) is 0 Å². The Hall–Kier alpha value is -1.87. The summed E-state index contributed by atoms with van der Waals surface area (Å²) >= 11 is 0. The van der Waals surface area contributed by atoms with Crippen LogP contribution in [0.3, 0.4) is 0 Å². The Morgan fingerprint density at radius 2 is 2.17 bits per heavy atom. The first kappa shape index (κ1) is 12.6. The molecule has 0 radical (unpaired) electrons. The van der Waals surface area contributed by atoms with Gasteiger partial charge in [0.2, 0.25) is 0 Å². The summed E-state index contributed by atoms with van der Waals surface area (Å²) in [4.78, 5) is 4.06. The molecule has 1 unspecified atom stereocenters. The molecule has 0 bridgehead atoms. The molecule has 1 aromatic heterocycles. The van der Waals surface area contributed by atoms with Crippen molar-refractivity contribution in [3.05, 3.63) is 59.4 Å². The molecule has 0 aliphatic heterocycles. The molecule has 1 aromatic carbocycles. The van der Waals surface area contributed by atoms with Crippen LogP contribution in [-0.2, 0) is 6.61 Å². The van der Waals surface area contributed by atoms with Crippen molar-refractivity contribution in [1.82, 2.24) is 4.98 Å². The third kappa shape index (κ3) is 3.08. The number of hydrogen-bond donors (Lipinski definition) is 1. The van der Waals surface area contributed by atoms with Crippen molar-refractivity contribution in [3.63, 3.8) is 0 Å². The number of hydrogen-bond acceptors (Lipinski definition) is 3. The molecular formula is C15H18N2O. The highest BCUT2D eigenvalue weighted by Crippen LogP contribution is 2.25. The van der Waals surface area contributed by atoms with E-state index in [9.17, 15) is 0 Å². The van der Waals surface area contributed by atoms with Crippen molar-refractivity contribution in [2.75, 3.05) is 0 Å². The molecule has 18 heavy (non-hydrogen) atoms. The van der Waals surface area contributed by atoms with Crippen LogP contribution in [0.15, 0.2) is 42.7 Å². The molecule has 3 nitrogen and oxygen atoms in total. The summed E-state index contributed by atoms with van der Waals surface area (Å²) in [5.41, 5.74) is 9.24. The molecule has 1 atom stereocenters. The van der Waals surface area contributed by atoms with Crippen LogP contribution in [0.25, 0.3) is 0 Å². The third-order valence-corrected chi connectivity index (χ3v) is 2.77. The summed E-state index contributed by atoms with van der Waals surface area (Å²) in [6.45, 7) is 4.53. The first-order chi connectivity index (χ1) is 8.66. The standard InChI is InChI=1S/C15H18N2O/c1-11-5-6-15(14(8-11)12(2)16)18-10-13-4-3-7-17-9-13/h3-9,12H,10,16H2,1-2H3. The van der Waals surface area contributed by atoms with Gasteiger partial charge in [-0.05, 0) is 26.0 Å². The first-order valence-corrected chi connectivity index (χ1v) is 6.04. The van der Waals surface area contributed by atoms with E-state index < -0.39 is 0 Å². The fourth-order valence-electron chi connectivity index (χ4n) is 1.80.